The van der Waals surface area contributed by atoms with E-state index in [1.807, 2.05) is 26.0 Å². The van der Waals surface area contributed by atoms with Gasteiger partial charge in [0.2, 0.25) is 0 Å². The molecule has 0 saturated carbocycles. The lowest BCUT2D eigenvalue weighted by Gasteiger charge is -2.23. The molecule has 1 heterocycles. The van der Waals surface area contributed by atoms with Crippen molar-refractivity contribution in [1.29, 1.82) is 0 Å². The minimum absolute atomic E-state index is 0.0604. The average Bonchev–Trinajstić information content (AvgIpc) is 2.94. The average molecular weight is 628 g/mol. The molecule has 4 N–H and O–H groups in total. The van der Waals surface area contributed by atoms with Crippen molar-refractivity contribution < 1.29 is 13.2 Å². The van der Waals surface area contributed by atoms with E-state index in [0.717, 1.165) is 5.56 Å². The molecule has 3 aromatic carbocycles. The van der Waals surface area contributed by atoms with Gasteiger partial charge in [-0.1, -0.05) is 47.5 Å². The standard InChI is InChI=1S/C30H32Cl2N6O3S/c1-19(24-13-14-25(28(32)27(24)31)26-18-34-15-16-35-26)36-29(39)38(4)22-9-11-23(12-10-22)42(40,41)37-21-7-5-20(6-8-21)17-30(2,3)33/h5-16,18-19,37H,17,33H2,1-4H3,(H,36,39)/t19-/m0/s1. The minimum atomic E-state index is -3.84. The van der Waals surface area contributed by atoms with Gasteiger partial charge in [0.05, 0.1) is 32.9 Å². The topological polar surface area (TPSA) is 130 Å². The molecule has 220 valence electrons. The third-order valence-electron chi connectivity index (χ3n) is 6.46. The molecular formula is C30H32Cl2N6O3S. The van der Waals surface area contributed by atoms with E-state index in [-0.39, 0.29) is 10.4 Å². The van der Waals surface area contributed by atoms with Gasteiger partial charge in [-0.05, 0) is 74.7 Å². The molecular weight excluding hydrogens is 595 g/mol. The number of aromatic nitrogens is 2. The summed E-state index contributed by atoms with van der Waals surface area (Å²) in [5.41, 5.74) is 9.48. The number of carbonyl (C=O) groups excluding carboxylic acids is 1. The van der Waals surface area contributed by atoms with Gasteiger partial charge in [-0.2, -0.15) is 0 Å². The Hall–Kier alpha value is -3.70. The molecule has 0 fully saturated rings. The van der Waals surface area contributed by atoms with Crippen LogP contribution in [0.3, 0.4) is 0 Å². The van der Waals surface area contributed by atoms with E-state index in [9.17, 15) is 13.2 Å². The number of nitrogens with zero attached hydrogens (tertiary/aromatic N) is 3. The van der Waals surface area contributed by atoms with Crippen LogP contribution >= 0.6 is 23.2 Å². The number of anilines is 2. The summed E-state index contributed by atoms with van der Waals surface area (Å²) in [6.45, 7) is 5.65. The zero-order valence-electron chi connectivity index (χ0n) is 23.6. The van der Waals surface area contributed by atoms with Gasteiger partial charge in [-0.3, -0.25) is 19.6 Å². The molecule has 1 aromatic heterocycles. The summed E-state index contributed by atoms with van der Waals surface area (Å²) >= 11 is 13.1. The monoisotopic (exact) mass is 626 g/mol. The Labute approximate surface area is 256 Å². The SMILES string of the molecule is C[C@H](NC(=O)N(C)c1ccc(S(=O)(=O)Nc2ccc(CC(C)(C)N)cc2)cc1)c1ccc(-c2cnccn2)c(Cl)c1Cl. The van der Waals surface area contributed by atoms with Crippen LogP contribution < -0.4 is 20.7 Å². The Kier molecular flexibility index (Phi) is 9.42. The number of benzene rings is 3. The number of carbonyl (C=O) groups is 1. The van der Waals surface area contributed by atoms with Gasteiger partial charge in [-0.25, -0.2) is 13.2 Å². The molecule has 1 atom stereocenters. The number of halogens is 2. The number of rotatable bonds is 9. The van der Waals surface area contributed by atoms with Crippen LogP contribution in [-0.4, -0.2) is 37.0 Å². The fourth-order valence-electron chi connectivity index (χ4n) is 4.29. The summed E-state index contributed by atoms with van der Waals surface area (Å²) in [7, 11) is -2.26. The summed E-state index contributed by atoms with van der Waals surface area (Å²) < 4.78 is 28.5. The molecule has 4 aromatic rings. The Morgan fingerprint density at radius 1 is 1.00 bits per heavy atom. The molecule has 4 rings (SSSR count). The number of nitrogens with two attached hydrogens (primary N) is 1. The number of nitrogens with one attached hydrogen (secondary N) is 2. The smallest absolute Gasteiger partial charge is 0.322 e. The van der Waals surface area contributed by atoms with Gasteiger partial charge in [0, 0.05) is 41.9 Å². The second-order valence-corrected chi connectivity index (χ2v) is 13.1. The van der Waals surface area contributed by atoms with Gasteiger partial charge in [0.15, 0.2) is 0 Å². The quantitative estimate of drug-likeness (QED) is 0.196. The first-order chi connectivity index (χ1) is 19.7. The molecule has 0 spiro atoms. The first-order valence-corrected chi connectivity index (χ1v) is 15.3. The highest BCUT2D eigenvalue weighted by Crippen LogP contribution is 2.37. The van der Waals surface area contributed by atoms with E-state index in [1.165, 1.54) is 17.0 Å². The Balaban J connectivity index is 1.41. The fraction of sp³-hybridized carbons (Fsp3) is 0.233. The summed E-state index contributed by atoms with van der Waals surface area (Å²) in [5, 5.41) is 3.51. The minimum Gasteiger partial charge on any atom is -0.331 e. The van der Waals surface area contributed by atoms with E-state index in [2.05, 4.69) is 20.0 Å². The van der Waals surface area contributed by atoms with Crippen molar-refractivity contribution in [2.24, 2.45) is 5.73 Å². The first-order valence-electron chi connectivity index (χ1n) is 13.0. The summed E-state index contributed by atoms with van der Waals surface area (Å²) in [4.78, 5) is 22.8. The van der Waals surface area contributed by atoms with E-state index in [1.54, 1.807) is 69.0 Å². The van der Waals surface area contributed by atoms with Crippen molar-refractivity contribution in [3.05, 3.63) is 100 Å². The Bertz CT molecular complexity index is 1660. The van der Waals surface area contributed by atoms with E-state index >= 15 is 0 Å². The molecule has 0 bridgehead atoms. The van der Waals surface area contributed by atoms with Gasteiger partial charge in [0.25, 0.3) is 10.0 Å². The Morgan fingerprint density at radius 2 is 1.67 bits per heavy atom. The van der Waals surface area contributed by atoms with Crippen LogP contribution in [0.5, 0.6) is 0 Å². The van der Waals surface area contributed by atoms with Crippen molar-refractivity contribution in [1.82, 2.24) is 15.3 Å². The van der Waals surface area contributed by atoms with E-state index in [0.29, 0.717) is 44.7 Å². The largest absolute Gasteiger partial charge is 0.331 e. The molecule has 0 unspecified atom stereocenters. The summed E-state index contributed by atoms with van der Waals surface area (Å²) in [5.74, 6) is 0. The summed E-state index contributed by atoms with van der Waals surface area (Å²) in [6.07, 6.45) is 5.38. The van der Waals surface area contributed by atoms with E-state index < -0.39 is 22.1 Å². The molecule has 9 nitrogen and oxygen atoms in total. The fourth-order valence-corrected chi connectivity index (χ4v) is 5.95. The predicted octanol–water partition coefficient (Wildman–Crippen LogP) is 6.44. The zero-order chi connectivity index (χ0) is 30.7. The number of amides is 2. The maximum absolute atomic E-state index is 13.0. The maximum Gasteiger partial charge on any atom is 0.322 e. The number of hydrogen-bond acceptors (Lipinski definition) is 6. The van der Waals surface area contributed by atoms with Crippen LogP contribution in [0.4, 0.5) is 16.2 Å². The highest BCUT2D eigenvalue weighted by Gasteiger charge is 2.21. The predicted molar refractivity (Wildman–Crippen MR) is 169 cm³/mol. The second-order valence-electron chi connectivity index (χ2n) is 10.6. The van der Waals surface area contributed by atoms with Crippen molar-refractivity contribution in [3.8, 4) is 11.3 Å². The van der Waals surface area contributed by atoms with Crippen molar-refractivity contribution >= 4 is 50.6 Å². The third kappa shape index (κ3) is 7.57. The normalized spacial score (nSPS) is 12.5. The van der Waals surface area contributed by atoms with Crippen molar-refractivity contribution in [2.45, 2.75) is 43.7 Å². The lowest BCUT2D eigenvalue weighted by Crippen LogP contribution is -2.38. The van der Waals surface area contributed by atoms with Gasteiger partial charge >= 0.3 is 6.03 Å². The van der Waals surface area contributed by atoms with Gasteiger partial charge in [-0.15, -0.1) is 0 Å². The molecule has 0 aliphatic heterocycles. The lowest BCUT2D eigenvalue weighted by molar-refractivity contribution is 0.244. The zero-order valence-corrected chi connectivity index (χ0v) is 25.9. The highest BCUT2D eigenvalue weighted by atomic mass is 35.5. The van der Waals surface area contributed by atoms with Crippen LogP contribution in [0.25, 0.3) is 11.3 Å². The summed E-state index contributed by atoms with van der Waals surface area (Å²) in [6, 6.07) is 15.8. The lowest BCUT2D eigenvalue weighted by atomic mass is 9.96. The number of hydrogen-bond donors (Lipinski definition) is 3. The molecule has 0 radical (unpaired) electrons. The van der Waals surface area contributed by atoms with Crippen molar-refractivity contribution in [3.63, 3.8) is 0 Å². The second kappa shape index (κ2) is 12.7. The highest BCUT2D eigenvalue weighted by molar-refractivity contribution is 7.92. The maximum atomic E-state index is 13.0. The van der Waals surface area contributed by atoms with Crippen LogP contribution in [0.15, 0.2) is 84.1 Å². The van der Waals surface area contributed by atoms with Crippen LogP contribution in [0, 0.1) is 0 Å². The Morgan fingerprint density at radius 3 is 2.26 bits per heavy atom. The van der Waals surface area contributed by atoms with Crippen LogP contribution in [-0.2, 0) is 16.4 Å². The molecule has 42 heavy (non-hydrogen) atoms. The van der Waals surface area contributed by atoms with Crippen LogP contribution in [0.1, 0.15) is 37.9 Å². The molecule has 2 amide bonds. The number of urea groups is 1. The van der Waals surface area contributed by atoms with Gasteiger partial charge in [0.1, 0.15) is 0 Å². The van der Waals surface area contributed by atoms with Crippen molar-refractivity contribution in [2.75, 3.05) is 16.7 Å². The first kappa shape index (κ1) is 31.2. The molecule has 0 saturated heterocycles. The van der Waals surface area contributed by atoms with E-state index in [4.69, 9.17) is 28.9 Å². The number of sulfonamides is 1. The third-order valence-corrected chi connectivity index (χ3v) is 8.76. The molecule has 0 aliphatic carbocycles. The molecule has 0 aliphatic rings. The van der Waals surface area contributed by atoms with Crippen LogP contribution in [0.2, 0.25) is 10.0 Å². The van der Waals surface area contributed by atoms with Gasteiger partial charge < -0.3 is 11.1 Å². The molecule has 12 heteroatoms.